The van der Waals surface area contributed by atoms with E-state index in [1.54, 1.807) is 22.3 Å². The molecule has 0 radical (unpaired) electrons. The molecule has 0 aromatic carbocycles. The van der Waals surface area contributed by atoms with Crippen molar-refractivity contribution in [3.8, 4) is 0 Å². The molecule has 0 bridgehead atoms. The molecule has 0 heterocycles. The Morgan fingerprint density at radius 1 is 0.625 bits per heavy atom. The Bertz CT molecular complexity index is 648. The molecule has 0 saturated carbocycles. The third-order valence-corrected chi connectivity index (χ3v) is 8.84. The lowest BCUT2D eigenvalue weighted by molar-refractivity contribution is 0.315. The largest absolute Gasteiger partial charge is 0.0646 e. The maximum atomic E-state index is 2.51. The molecular weight excluding hydrogens is 384 g/mol. The van der Waals surface area contributed by atoms with Gasteiger partial charge in [-0.05, 0) is 85.2 Å². The molecule has 2 atom stereocenters. The van der Waals surface area contributed by atoms with Crippen molar-refractivity contribution in [1.82, 2.24) is 0 Å². The molecular formula is C32H54. The average molecular weight is 439 g/mol. The molecule has 0 amide bonds. The van der Waals surface area contributed by atoms with E-state index >= 15 is 0 Å². The molecule has 0 nitrogen and oxygen atoms in total. The summed E-state index contributed by atoms with van der Waals surface area (Å²) in [6.45, 7) is 19.2. The van der Waals surface area contributed by atoms with Gasteiger partial charge < -0.3 is 0 Å². The minimum absolute atomic E-state index is 0.393. The molecule has 0 aromatic rings. The highest BCUT2D eigenvalue weighted by Crippen LogP contribution is 2.45. The maximum Gasteiger partial charge on any atom is -0.0116 e. The Morgan fingerprint density at radius 3 is 1.25 bits per heavy atom. The van der Waals surface area contributed by atoms with Gasteiger partial charge >= 0.3 is 0 Å². The van der Waals surface area contributed by atoms with Crippen LogP contribution >= 0.6 is 0 Å². The van der Waals surface area contributed by atoms with Crippen LogP contribution in [0.3, 0.4) is 0 Å². The fourth-order valence-corrected chi connectivity index (χ4v) is 5.75. The van der Waals surface area contributed by atoms with Crippen LogP contribution in [0.25, 0.3) is 0 Å². The monoisotopic (exact) mass is 438 g/mol. The van der Waals surface area contributed by atoms with Gasteiger partial charge in [0.05, 0.1) is 0 Å². The predicted molar refractivity (Wildman–Crippen MR) is 145 cm³/mol. The molecule has 2 unspecified atom stereocenters. The van der Waals surface area contributed by atoms with E-state index in [0.29, 0.717) is 10.8 Å². The quantitative estimate of drug-likeness (QED) is 0.268. The lowest BCUT2D eigenvalue weighted by atomic mass is 9.70. The van der Waals surface area contributed by atoms with E-state index in [1.165, 1.54) is 77.0 Å². The Balaban J connectivity index is 2.07. The summed E-state index contributed by atoms with van der Waals surface area (Å²) >= 11 is 0. The summed E-state index contributed by atoms with van der Waals surface area (Å²) in [5.41, 5.74) is 7.38. The normalized spacial score (nSPS) is 20.9. The van der Waals surface area contributed by atoms with Gasteiger partial charge in [0, 0.05) is 0 Å². The van der Waals surface area contributed by atoms with Crippen molar-refractivity contribution in [2.24, 2.45) is 22.7 Å². The van der Waals surface area contributed by atoms with E-state index in [4.69, 9.17) is 0 Å². The van der Waals surface area contributed by atoms with Crippen LogP contribution in [0.1, 0.15) is 132 Å². The van der Waals surface area contributed by atoms with Crippen LogP contribution in [0.5, 0.6) is 0 Å². The Morgan fingerprint density at radius 2 is 1.00 bits per heavy atom. The Labute approximate surface area is 201 Å². The van der Waals surface area contributed by atoms with Crippen LogP contribution in [0.15, 0.2) is 46.6 Å². The standard InChI is InChI=1S/C32H54/c1-9-31(7,23-11-13-25(3)4)29-19-15-27(16-20-29)28-17-21-30(22-18-28)32(8,10-2)24-12-14-26(5)6/h15,17,19,21,25-26H,9-14,16,18,20,22-24H2,1-8H3. The first-order chi connectivity index (χ1) is 15.1. The summed E-state index contributed by atoms with van der Waals surface area (Å²) in [7, 11) is 0. The third-order valence-electron chi connectivity index (χ3n) is 8.84. The zero-order valence-electron chi connectivity index (χ0n) is 22.9. The van der Waals surface area contributed by atoms with Gasteiger partial charge in [0.1, 0.15) is 0 Å². The van der Waals surface area contributed by atoms with Gasteiger partial charge in [-0.2, -0.15) is 0 Å². The molecule has 182 valence electrons. The van der Waals surface area contributed by atoms with E-state index in [2.05, 4.69) is 79.7 Å². The van der Waals surface area contributed by atoms with Crippen LogP contribution in [0.2, 0.25) is 0 Å². The van der Waals surface area contributed by atoms with Crippen LogP contribution < -0.4 is 0 Å². The summed E-state index contributed by atoms with van der Waals surface area (Å²) in [5.74, 6) is 1.65. The second-order valence-electron chi connectivity index (χ2n) is 12.2. The van der Waals surface area contributed by atoms with Gasteiger partial charge in [-0.3, -0.25) is 0 Å². The van der Waals surface area contributed by atoms with Crippen LogP contribution in [-0.2, 0) is 0 Å². The lowest BCUT2D eigenvalue weighted by Crippen LogP contribution is -2.21. The zero-order chi connectivity index (χ0) is 23.8. The molecule has 2 rings (SSSR count). The van der Waals surface area contributed by atoms with E-state index < -0.39 is 0 Å². The van der Waals surface area contributed by atoms with Crippen molar-refractivity contribution in [1.29, 1.82) is 0 Å². The van der Waals surface area contributed by atoms with E-state index in [-0.39, 0.29) is 0 Å². The van der Waals surface area contributed by atoms with Crippen molar-refractivity contribution in [3.05, 3.63) is 46.6 Å². The van der Waals surface area contributed by atoms with E-state index in [0.717, 1.165) is 11.8 Å². The summed E-state index contributed by atoms with van der Waals surface area (Å²) in [6, 6.07) is 0. The van der Waals surface area contributed by atoms with E-state index in [1.807, 2.05) is 0 Å². The van der Waals surface area contributed by atoms with Crippen molar-refractivity contribution in [3.63, 3.8) is 0 Å². The second-order valence-corrected chi connectivity index (χ2v) is 12.2. The molecule has 2 aliphatic rings. The Kier molecular flexibility index (Phi) is 10.6. The van der Waals surface area contributed by atoms with Crippen LogP contribution in [0.4, 0.5) is 0 Å². The van der Waals surface area contributed by atoms with Gasteiger partial charge in [0.2, 0.25) is 0 Å². The summed E-state index contributed by atoms with van der Waals surface area (Å²) in [5, 5.41) is 0. The lowest BCUT2D eigenvalue weighted by Gasteiger charge is -2.35. The minimum atomic E-state index is 0.393. The highest BCUT2D eigenvalue weighted by Gasteiger charge is 2.30. The molecule has 0 aromatic heterocycles. The minimum Gasteiger partial charge on any atom is -0.0646 e. The number of allylic oxidation sites excluding steroid dienone is 8. The fourth-order valence-electron chi connectivity index (χ4n) is 5.75. The smallest absolute Gasteiger partial charge is 0.0116 e. The molecule has 0 N–H and O–H groups in total. The first-order valence-electron chi connectivity index (χ1n) is 13.9. The maximum absolute atomic E-state index is 2.51. The summed E-state index contributed by atoms with van der Waals surface area (Å²) < 4.78 is 0. The molecule has 0 saturated heterocycles. The topological polar surface area (TPSA) is 0 Å². The van der Waals surface area contributed by atoms with Gasteiger partial charge in [-0.1, -0.05) is 117 Å². The molecule has 0 aliphatic heterocycles. The molecule has 0 fully saturated rings. The van der Waals surface area contributed by atoms with Crippen molar-refractivity contribution < 1.29 is 0 Å². The van der Waals surface area contributed by atoms with Crippen molar-refractivity contribution in [2.45, 2.75) is 132 Å². The van der Waals surface area contributed by atoms with Gasteiger partial charge in [-0.25, -0.2) is 0 Å². The van der Waals surface area contributed by atoms with Crippen molar-refractivity contribution >= 4 is 0 Å². The van der Waals surface area contributed by atoms with Crippen LogP contribution in [-0.4, -0.2) is 0 Å². The van der Waals surface area contributed by atoms with Crippen LogP contribution in [0, 0.1) is 22.7 Å². The SMILES string of the molecule is CCC(C)(CCCC(C)C)C1=CC=C(C2=CC=C(C(C)(CC)CCCC(C)C)CC2)CC1. The fraction of sp³-hybridized carbons (Fsp3) is 0.750. The highest BCUT2D eigenvalue weighted by atomic mass is 14.3. The predicted octanol–water partition coefficient (Wildman–Crippen LogP) is 10.8. The van der Waals surface area contributed by atoms with Crippen molar-refractivity contribution in [2.75, 3.05) is 0 Å². The number of hydrogen-bond acceptors (Lipinski definition) is 0. The van der Waals surface area contributed by atoms with Gasteiger partial charge in [-0.15, -0.1) is 0 Å². The second kappa shape index (κ2) is 12.4. The molecule has 2 aliphatic carbocycles. The summed E-state index contributed by atoms with van der Waals surface area (Å²) in [4.78, 5) is 0. The third kappa shape index (κ3) is 7.50. The first-order valence-corrected chi connectivity index (χ1v) is 13.9. The van der Waals surface area contributed by atoms with Gasteiger partial charge in [0.15, 0.2) is 0 Å². The summed E-state index contributed by atoms with van der Waals surface area (Å²) in [6.07, 6.45) is 25.6. The number of hydrogen-bond donors (Lipinski definition) is 0. The first kappa shape index (κ1) is 27.2. The van der Waals surface area contributed by atoms with E-state index in [9.17, 15) is 0 Å². The zero-order valence-corrected chi connectivity index (χ0v) is 22.9. The average Bonchev–Trinajstić information content (AvgIpc) is 2.78. The van der Waals surface area contributed by atoms with Gasteiger partial charge in [0.25, 0.3) is 0 Å². The molecule has 0 heteroatoms. The highest BCUT2D eigenvalue weighted by molar-refractivity contribution is 5.44. The Hall–Kier alpha value is -1.04. The molecule has 0 spiro atoms. The number of rotatable bonds is 13. The molecule has 32 heavy (non-hydrogen) atoms.